The van der Waals surface area contributed by atoms with Crippen LogP contribution in [-0.4, -0.2) is 11.2 Å². The summed E-state index contributed by atoms with van der Waals surface area (Å²) in [4.78, 5) is 4.16. The molecule has 0 aromatic heterocycles. The Morgan fingerprint density at radius 2 is 1.64 bits per heavy atom. The van der Waals surface area contributed by atoms with Crippen molar-refractivity contribution in [2.45, 2.75) is 19.9 Å². The van der Waals surface area contributed by atoms with Crippen molar-refractivity contribution in [3.8, 4) is 0 Å². The van der Waals surface area contributed by atoms with E-state index >= 15 is 0 Å². The first kappa shape index (κ1) is 10.3. The molecular weight excluding hydrogens is 180 g/mol. The van der Waals surface area contributed by atoms with Gasteiger partial charge in [-0.3, -0.25) is 15.8 Å². The maximum atomic E-state index is 8.51. The lowest BCUT2D eigenvalue weighted by Crippen LogP contribution is -2.47. The van der Waals surface area contributed by atoms with Crippen LogP contribution in [0.5, 0.6) is 0 Å². The fourth-order valence-electron chi connectivity index (χ4n) is 1.05. The smallest absolute Gasteiger partial charge is 0.129 e. The summed E-state index contributed by atoms with van der Waals surface area (Å²) in [5.41, 5.74) is 0. The quantitative estimate of drug-likeness (QED) is 0.391. The van der Waals surface area contributed by atoms with Gasteiger partial charge in [-0.05, 0) is 26.0 Å². The molecule has 0 amide bonds. The maximum absolute atomic E-state index is 8.51. The number of nitrogens with one attached hydrogen (secondary N) is 2. The molecule has 74 valence electrons. The third-order valence-electron chi connectivity index (χ3n) is 1.67. The van der Waals surface area contributed by atoms with Gasteiger partial charge in [0.15, 0.2) is 0 Å². The predicted molar refractivity (Wildman–Crippen MR) is 48.6 cm³/mol. The zero-order chi connectivity index (χ0) is 10.7. The average molecular weight is 192 g/mol. The summed E-state index contributed by atoms with van der Waals surface area (Å²) in [6.07, 6.45) is 0. The highest BCUT2D eigenvalue weighted by Gasteiger charge is 1.94. The molecule has 0 heterocycles. The second-order valence-corrected chi connectivity index (χ2v) is 3.18. The summed E-state index contributed by atoms with van der Waals surface area (Å²) in [6.45, 7) is 3.79. The molecule has 0 aliphatic rings. The van der Waals surface area contributed by atoms with Crippen molar-refractivity contribution in [2.24, 2.45) is 10.1 Å². The minimum atomic E-state index is -0.102. The van der Waals surface area contributed by atoms with E-state index in [9.17, 15) is 0 Å². The van der Waals surface area contributed by atoms with Crippen LogP contribution in [0, 0.1) is 10.8 Å². The van der Waals surface area contributed by atoms with Crippen molar-refractivity contribution in [1.29, 1.82) is 10.8 Å². The Morgan fingerprint density at radius 1 is 1.14 bits per heavy atom. The van der Waals surface area contributed by atoms with Crippen LogP contribution in [0.15, 0.2) is 22.3 Å². The van der Waals surface area contributed by atoms with E-state index in [0.29, 0.717) is 5.36 Å². The molecule has 5 heteroatoms. The Bertz CT molecular complexity index is 535. The van der Waals surface area contributed by atoms with Crippen molar-refractivity contribution < 1.29 is 5.21 Å². The van der Waals surface area contributed by atoms with Crippen LogP contribution in [0.4, 0.5) is 0 Å². The topological polar surface area (TPSA) is 92.7 Å². The van der Waals surface area contributed by atoms with Gasteiger partial charge in [-0.25, -0.2) is 0 Å². The molecule has 0 spiro atoms. The number of hydrogen-bond acceptors (Lipinski definition) is 5. The predicted octanol–water partition coefficient (Wildman–Crippen LogP) is -0.880. The Morgan fingerprint density at radius 3 is 2.14 bits per heavy atom. The van der Waals surface area contributed by atoms with Gasteiger partial charge in [-0.2, -0.15) is 0 Å². The van der Waals surface area contributed by atoms with Gasteiger partial charge in [0.1, 0.15) is 16.1 Å². The minimum absolute atomic E-state index is 0.00556. The first-order chi connectivity index (χ1) is 6.56. The van der Waals surface area contributed by atoms with Gasteiger partial charge >= 0.3 is 0 Å². The van der Waals surface area contributed by atoms with E-state index < -0.39 is 0 Å². The highest BCUT2D eigenvalue weighted by molar-refractivity contribution is 4.98. The van der Waals surface area contributed by atoms with E-state index in [1.807, 2.05) is 13.8 Å². The fourth-order valence-corrected chi connectivity index (χ4v) is 1.05. The van der Waals surface area contributed by atoms with Gasteiger partial charge < -0.3 is 5.21 Å². The van der Waals surface area contributed by atoms with Gasteiger partial charge in [0.2, 0.25) is 0 Å². The van der Waals surface area contributed by atoms with Crippen LogP contribution in [0.25, 0.3) is 0 Å². The Balaban J connectivity index is 3.65. The van der Waals surface area contributed by atoms with Gasteiger partial charge in [0.05, 0.1) is 5.36 Å². The standard InChI is InChI=1S/C9H12N4O/c1-5(2)12-6-3-4-7(13-14)9(11)8(6)10/h3-5,10-11,14H,1-2H3/b10-8?,11-9?,12-6?,13-7-. The van der Waals surface area contributed by atoms with Gasteiger partial charge in [0.25, 0.3) is 0 Å². The molecule has 0 atom stereocenters. The zero-order valence-electron chi connectivity index (χ0n) is 8.07. The molecule has 0 saturated carbocycles. The molecule has 0 fully saturated rings. The molecule has 0 bridgehead atoms. The summed E-state index contributed by atoms with van der Waals surface area (Å²) in [6, 6.07) is 3.13. The van der Waals surface area contributed by atoms with Crippen LogP contribution < -0.4 is 21.4 Å². The number of nitrogens with zero attached hydrogens (tertiary/aromatic N) is 2. The summed E-state index contributed by atoms with van der Waals surface area (Å²) in [5.74, 6) is 0. The van der Waals surface area contributed by atoms with Crippen molar-refractivity contribution in [1.82, 2.24) is 0 Å². The highest BCUT2D eigenvalue weighted by atomic mass is 16.4. The molecule has 1 aromatic carbocycles. The molecule has 0 aliphatic heterocycles. The van der Waals surface area contributed by atoms with Gasteiger partial charge in [-0.1, -0.05) is 5.16 Å². The summed E-state index contributed by atoms with van der Waals surface area (Å²) in [5, 5.41) is 26.9. The lowest BCUT2D eigenvalue weighted by molar-refractivity contribution is 0.300. The van der Waals surface area contributed by atoms with E-state index in [2.05, 4.69) is 10.1 Å². The zero-order valence-corrected chi connectivity index (χ0v) is 8.07. The Kier molecular flexibility index (Phi) is 2.91. The van der Waals surface area contributed by atoms with E-state index in [1.54, 1.807) is 6.07 Å². The number of rotatable bonds is 1. The molecule has 14 heavy (non-hydrogen) atoms. The van der Waals surface area contributed by atoms with Crippen LogP contribution in [-0.2, 0) is 0 Å². The van der Waals surface area contributed by atoms with Gasteiger partial charge in [-0.15, -0.1) is 0 Å². The highest BCUT2D eigenvalue weighted by Crippen LogP contribution is 1.79. The van der Waals surface area contributed by atoms with E-state index in [4.69, 9.17) is 16.0 Å². The van der Waals surface area contributed by atoms with Crippen molar-refractivity contribution in [3.05, 3.63) is 33.6 Å². The molecule has 0 unspecified atom stereocenters. The monoisotopic (exact) mass is 192 g/mol. The van der Waals surface area contributed by atoms with E-state index in [-0.39, 0.29) is 22.1 Å². The van der Waals surface area contributed by atoms with Crippen LogP contribution in [0.1, 0.15) is 13.8 Å². The molecule has 0 radical (unpaired) electrons. The maximum Gasteiger partial charge on any atom is 0.129 e. The summed E-state index contributed by atoms with van der Waals surface area (Å²) >= 11 is 0. The first-order valence-corrected chi connectivity index (χ1v) is 4.22. The molecule has 0 aliphatic carbocycles. The lowest BCUT2D eigenvalue weighted by Gasteiger charge is -1.94. The van der Waals surface area contributed by atoms with Crippen molar-refractivity contribution in [2.75, 3.05) is 0 Å². The van der Waals surface area contributed by atoms with Gasteiger partial charge in [0, 0.05) is 6.04 Å². The molecule has 1 aromatic rings. The SMILES string of the molecule is CC(C)N=c1cc/c(=N/O)c(=N)c1=N. The number of hydrogen-bond donors (Lipinski definition) is 3. The molecular formula is C9H12N4O. The average Bonchev–Trinajstić information content (AvgIpc) is 2.13. The minimum Gasteiger partial charge on any atom is -0.410 e. The molecule has 1 rings (SSSR count). The van der Waals surface area contributed by atoms with Crippen LogP contribution in [0.2, 0.25) is 0 Å². The fraction of sp³-hybridized carbons (Fsp3) is 0.333. The third-order valence-corrected chi connectivity index (χ3v) is 1.67. The second kappa shape index (κ2) is 3.95. The lowest BCUT2D eigenvalue weighted by atomic mass is 10.3. The third kappa shape index (κ3) is 1.93. The van der Waals surface area contributed by atoms with Crippen LogP contribution in [0.3, 0.4) is 0 Å². The summed E-state index contributed by atoms with van der Waals surface area (Å²) in [7, 11) is 0. The normalized spacial score (nSPS) is 13.9. The van der Waals surface area contributed by atoms with Crippen LogP contribution >= 0.6 is 0 Å². The molecule has 0 saturated heterocycles. The van der Waals surface area contributed by atoms with Crippen molar-refractivity contribution >= 4 is 0 Å². The van der Waals surface area contributed by atoms with Crippen molar-refractivity contribution in [3.63, 3.8) is 0 Å². The summed E-state index contributed by atoms with van der Waals surface area (Å²) < 4.78 is 0. The number of benzene rings is 1. The molecule has 5 nitrogen and oxygen atoms in total. The largest absolute Gasteiger partial charge is 0.410 e. The Labute approximate surface area is 80.4 Å². The molecule has 3 N–H and O–H groups in total. The Hall–Kier alpha value is -1.78. The first-order valence-electron chi connectivity index (χ1n) is 4.22. The van der Waals surface area contributed by atoms with E-state index in [1.165, 1.54) is 6.07 Å². The second-order valence-electron chi connectivity index (χ2n) is 3.18. The van der Waals surface area contributed by atoms with E-state index in [0.717, 1.165) is 0 Å².